The van der Waals surface area contributed by atoms with Crippen LogP contribution in [0.25, 0.3) is 0 Å². The van der Waals surface area contributed by atoms with Crippen molar-refractivity contribution in [3.8, 4) is 0 Å². The molecule has 1 aromatic carbocycles. The Morgan fingerprint density at radius 1 is 1.16 bits per heavy atom. The molecule has 4 rings (SSSR count). The lowest BCUT2D eigenvalue weighted by Crippen LogP contribution is -2.60. The Balaban J connectivity index is 0.00000272. The minimum absolute atomic E-state index is 0. The van der Waals surface area contributed by atoms with Gasteiger partial charge in [0.25, 0.3) is 0 Å². The molecule has 1 aromatic rings. The lowest BCUT2D eigenvalue weighted by molar-refractivity contribution is -0.0120. The number of benzene rings is 1. The minimum Gasteiger partial charge on any atom is -0.379 e. The zero-order chi connectivity index (χ0) is 20.7. The van der Waals surface area contributed by atoms with Gasteiger partial charge in [-0.2, -0.15) is 11.8 Å². The van der Waals surface area contributed by atoms with Gasteiger partial charge in [-0.15, -0.1) is 24.0 Å². The van der Waals surface area contributed by atoms with Crippen LogP contribution >= 0.6 is 35.7 Å². The van der Waals surface area contributed by atoms with E-state index in [-0.39, 0.29) is 29.5 Å². The Hall–Kier alpha value is -0.550. The van der Waals surface area contributed by atoms with Crippen molar-refractivity contribution in [2.45, 2.75) is 37.4 Å². The standard InChI is InChI=1S/C23H37N5OS.HI/c1-24-22(25-18-23(9-16-30-19-23)28-12-14-29-15-13-28)26-21-7-10-27(11-8-21)17-20-5-3-2-4-6-20;/h2-6,21H,7-19H2,1H3,(H2,24,25,26);1H. The Labute approximate surface area is 209 Å². The van der Waals surface area contributed by atoms with Crippen molar-refractivity contribution in [3.63, 3.8) is 0 Å². The lowest BCUT2D eigenvalue weighted by Gasteiger charge is -2.43. The third kappa shape index (κ3) is 6.96. The van der Waals surface area contributed by atoms with E-state index in [1.54, 1.807) is 0 Å². The molecule has 0 amide bonds. The van der Waals surface area contributed by atoms with E-state index in [9.17, 15) is 0 Å². The molecular weight excluding hydrogens is 521 g/mol. The predicted octanol–water partition coefficient (Wildman–Crippen LogP) is 2.64. The number of likely N-dealkylation sites (tertiary alicyclic amines) is 1. The van der Waals surface area contributed by atoms with Crippen LogP contribution in [0.3, 0.4) is 0 Å². The number of aliphatic imine (C=N–C) groups is 1. The van der Waals surface area contributed by atoms with Gasteiger partial charge in [0.15, 0.2) is 5.96 Å². The molecule has 0 bridgehead atoms. The average Bonchev–Trinajstić information content (AvgIpc) is 3.29. The molecule has 3 fully saturated rings. The summed E-state index contributed by atoms with van der Waals surface area (Å²) in [4.78, 5) is 9.75. The summed E-state index contributed by atoms with van der Waals surface area (Å²) in [6, 6.07) is 11.3. The van der Waals surface area contributed by atoms with Gasteiger partial charge in [-0.05, 0) is 30.6 Å². The summed E-state index contributed by atoms with van der Waals surface area (Å²) in [5.74, 6) is 3.42. The van der Waals surface area contributed by atoms with Gasteiger partial charge in [-0.3, -0.25) is 14.8 Å². The summed E-state index contributed by atoms with van der Waals surface area (Å²) in [5.41, 5.74) is 1.65. The maximum atomic E-state index is 5.59. The van der Waals surface area contributed by atoms with Gasteiger partial charge in [0, 0.05) is 63.6 Å². The first-order chi connectivity index (χ1) is 14.8. The van der Waals surface area contributed by atoms with Crippen LogP contribution in [-0.2, 0) is 11.3 Å². The Morgan fingerprint density at radius 2 is 1.90 bits per heavy atom. The minimum atomic E-state index is 0. The van der Waals surface area contributed by atoms with Crippen LogP contribution in [0.15, 0.2) is 35.3 Å². The molecule has 3 saturated heterocycles. The smallest absolute Gasteiger partial charge is 0.191 e. The van der Waals surface area contributed by atoms with Crippen molar-refractivity contribution in [1.29, 1.82) is 0 Å². The second kappa shape index (κ2) is 12.6. The molecule has 2 N–H and O–H groups in total. The van der Waals surface area contributed by atoms with Gasteiger partial charge >= 0.3 is 0 Å². The largest absolute Gasteiger partial charge is 0.379 e. The van der Waals surface area contributed by atoms with Crippen molar-refractivity contribution in [2.75, 3.05) is 64.5 Å². The molecule has 8 heteroatoms. The highest BCUT2D eigenvalue weighted by Gasteiger charge is 2.40. The summed E-state index contributed by atoms with van der Waals surface area (Å²) in [6.07, 6.45) is 3.58. The Kier molecular flexibility index (Phi) is 10.2. The number of nitrogens with zero attached hydrogens (tertiary/aromatic N) is 3. The number of nitrogens with one attached hydrogen (secondary N) is 2. The first-order valence-corrected chi connectivity index (χ1v) is 12.6. The summed E-state index contributed by atoms with van der Waals surface area (Å²) in [7, 11) is 1.89. The maximum Gasteiger partial charge on any atom is 0.191 e. The Morgan fingerprint density at radius 3 is 2.55 bits per heavy atom. The van der Waals surface area contributed by atoms with E-state index in [0.717, 1.165) is 71.3 Å². The highest BCUT2D eigenvalue weighted by atomic mass is 127. The van der Waals surface area contributed by atoms with Crippen LogP contribution < -0.4 is 10.6 Å². The molecule has 3 aliphatic heterocycles. The molecule has 31 heavy (non-hydrogen) atoms. The maximum absolute atomic E-state index is 5.59. The molecule has 0 spiro atoms. The van der Waals surface area contributed by atoms with Gasteiger partial charge in [0.2, 0.25) is 0 Å². The molecule has 6 nitrogen and oxygen atoms in total. The van der Waals surface area contributed by atoms with Crippen LogP contribution in [0.2, 0.25) is 0 Å². The Bertz CT molecular complexity index is 672. The second-order valence-electron chi connectivity index (χ2n) is 8.73. The average molecular weight is 560 g/mol. The van der Waals surface area contributed by atoms with Gasteiger partial charge in [-0.1, -0.05) is 30.3 Å². The molecule has 3 aliphatic rings. The molecular formula is C23H38IN5OS. The molecule has 174 valence electrons. The highest BCUT2D eigenvalue weighted by molar-refractivity contribution is 14.0. The fraction of sp³-hybridized carbons (Fsp3) is 0.696. The first kappa shape index (κ1) is 25.1. The van der Waals surface area contributed by atoms with Crippen LogP contribution in [0.4, 0.5) is 0 Å². The number of rotatable bonds is 6. The number of hydrogen-bond donors (Lipinski definition) is 2. The number of guanidine groups is 1. The van der Waals surface area contributed by atoms with E-state index in [1.165, 1.54) is 23.5 Å². The van der Waals surface area contributed by atoms with E-state index in [4.69, 9.17) is 4.74 Å². The number of piperidine rings is 1. The molecule has 3 heterocycles. The van der Waals surface area contributed by atoms with Crippen molar-refractivity contribution in [2.24, 2.45) is 4.99 Å². The van der Waals surface area contributed by atoms with E-state index in [1.807, 2.05) is 7.05 Å². The summed E-state index contributed by atoms with van der Waals surface area (Å²) in [5, 5.41) is 7.37. The van der Waals surface area contributed by atoms with Crippen molar-refractivity contribution < 1.29 is 4.74 Å². The summed E-state index contributed by atoms with van der Waals surface area (Å²) >= 11 is 2.08. The monoisotopic (exact) mass is 559 g/mol. The van der Waals surface area contributed by atoms with Gasteiger partial charge in [0.05, 0.1) is 13.2 Å². The zero-order valence-electron chi connectivity index (χ0n) is 18.7. The van der Waals surface area contributed by atoms with E-state index in [0.29, 0.717) is 6.04 Å². The van der Waals surface area contributed by atoms with Crippen molar-refractivity contribution in [3.05, 3.63) is 35.9 Å². The lowest BCUT2D eigenvalue weighted by atomic mass is 9.95. The number of morpholine rings is 1. The number of hydrogen-bond acceptors (Lipinski definition) is 5. The summed E-state index contributed by atoms with van der Waals surface area (Å²) < 4.78 is 5.59. The topological polar surface area (TPSA) is 52.1 Å². The fourth-order valence-electron chi connectivity index (χ4n) is 4.85. The quantitative estimate of drug-likeness (QED) is 0.318. The van der Waals surface area contributed by atoms with Crippen LogP contribution in [0.5, 0.6) is 0 Å². The predicted molar refractivity (Wildman–Crippen MR) is 142 cm³/mol. The molecule has 0 aromatic heterocycles. The molecule has 1 atom stereocenters. The van der Waals surface area contributed by atoms with Gasteiger partial charge < -0.3 is 15.4 Å². The molecule has 0 aliphatic carbocycles. The van der Waals surface area contributed by atoms with Gasteiger partial charge in [0.1, 0.15) is 0 Å². The van der Waals surface area contributed by atoms with Crippen LogP contribution in [-0.4, -0.2) is 91.8 Å². The highest BCUT2D eigenvalue weighted by Crippen LogP contribution is 2.33. The molecule has 0 radical (unpaired) electrons. The fourth-order valence-corrected chi connectivity index (χ4v) is 6.33. The third-order valence-electron chi connectivity index (χ3n) is 6.75. The zero-order valence-corrected chi connectivity index (χ0v) is 21.9. The number of thioether (sulfide) groups is 1. The van der Waals surface area contributed by atoms with Crippen LogP contribution in [0, 0.1) is 0 Å². The van der Waals surface area contributed by atoms with Gasteiger partial charge in [-0.25, -0.2) is 0 Å². The first-order valence-electron chi connectivity index (χ1n) is 11.4. The van der Waals surface area contributed by atoms with E-state index >= 15 is 0 Å². The van der Waals surface area contributed by atoms with Crippen LogP contribution in [0.1, 0.15) is 24.8 Å². The van der Waals surface area contributed by atoms with E-state index in [2.05, 4.69) is 67.5 Å². The number of ether oxygens (including phenoxy) is 1. The van der Waals surface area contributed by atoms with Crippen molar-refractivity contribution in [1.82, 2.24) is 20.4 Å². The SMILES string of the molecule is CN=C(NCC1(N2CCOCC2)CCSC1)NC1CCN(Cc2ccccc2)CC1.I. The van der Waals surface area contributed by atoms with E-state index < -0.39 is 0 Å². The van der Waals surface area contributed by atoms with Crippen molar-refractivity contribution >= 4 is 41.7 Å². The summed E-state index contributed by atoms with van der Waals surface area (Å²) in [6.45, 7) is 8.12. The number of halogens is 1. The second-order valence-corrected chi connectivity index (χ2v) is 9.84. The molecule has 0 saturated carbocycles. The normalized spacial score (nSPS) is 26.4. The molecule has 1 unspecified atom stereocenters. The third-order valence-corrected chi connectivity index (χ3v) is 7.98.